The molecule has 0 heterocycles. The number of fused-ring (bicyclic) bond motifs is 1. The van der Waals surface area contributed by atoms with Gasteiger partial charge in [-0.15, -0.1) is 0 Å². The van der Waals surface area contributed by atoms with Gasteiger partial charge in [-0.2, -0.15) is 0 Å². The van der Waals surface area contributed by atoms with E-state index < -0.39 is 0 Å². The maximum Gasteiger partial charge on any atom is 0.253 e. The van der Waals surface area contributed by atoms with Gasteiger partial charge >= 0.3 is 0 Å². The van der Waals surface area contributed by atoms with Crippen molar-refractivity contribution >= 4 is 11.7 Å². The predicted molar refractivity (Wildman–Crippen MR) is 126 cm³/mol. The highest BCUT2D eigenvalue weighted by Crippen LogP contribution is 2.46. The Morgan fingerprint density at radius 3 is 2.24 bits per heavy atom. The summed E-state index contributed by atoms with van der Waals surface area (Å²) in [5.41, 5.74) is 5.14. The molecule has 33 heavy (non-hydrogen) atoms. The van der Waals surface area contributed by atoms with Crippen molar-refractivity contribution in [3.8, 4) is 28.4 Å². The van der Waals surface area contributed by atoms with E-state index in [1.54, 1.807) is 45.3 Å². The SMILES string of the molecule is COc1ccc(-c2cccc3c2CCC3=O)c(OCc2ccc(C(=O)N(C)C)cc2)c1OC. The lowest BCUT2D eigenvalue weighted by atomic mass is 9.95. The molecular weight excluding hydrogens is 418 g/mol. The fraction of sp³-hybridized carbons (Fsp3) is 0.259. The number of hydrogen-bond donors (Lipinski definition) is 0. The molecule has 0 unspecified atom stereocenters. The van der Waals surface area contributed by atoms with Crippen LogP contribution in [0.4, 0.5) is 0 Å². The number of rotatable bonds is 7. The molecule has 1 amide bonds. The van der Waals surface area contributed by atoms with Crippen molar-refractivity contribution in [3.05, 3.63) is 76.9 Å². The molecule has 6 nitrogen and oxygen atoms in total. The third-order valence-electron chi connectivity index (χ3n) is 5.86. The van der Waals surface area contributed by atoms with Crippen LogP contribution in [0.1, 0.15) is 38.3 Å². The van der Waals surface area contributed by atoms with Crippen LogP contribution < -0.4 is 14.2 Å². The first kappa shape index (κ1) is 22.4. The van der Waals surface area contributed by atoms with Gasteiger partial charge in [0.2, 0.25) is 5.75 Å². The highest BCUT2D eigenvalue weighted by molar-refractivity contribution is 6.02. The molecule has 0 radical (unpaired) electrons. The van der Waals surface area contributed by atoms with Gasteiger partial charge in [-0.25, -0.2) is 0 Å². The van der Waals surface area contributed by atoms with Gasteiger partial charge in [-0.3, -0.25) is 9.59 Å². The van der Waals surface area contributed by atoms with Gasteiger partial charge in [0, 0.05) is 37.2 Å². The molecule has 0 aromatic heterocycles. The first-order valence-corrected chi connectivity index (χ1v) is 10.8. The molecule has 4 rings (SSSR count). The minimum absolute atomic E-state index is 0.0494. The molecule has 3 aromatic carbocycles. The Labute approximate surface area is 193 Å². The van der Waals surface area contributed by atoms with Crippen LogP contribution in [-0.2, 0) is 13.0 Å². The topological polar surface area (TPSA) is 65.1 Å². The molecule has 6 heteroatoms. The number of methoxy groups -OCH3 is 2. The van der Waals surface area contributed by atoms with E-state index in [4.69, 9.17) is 14.2 Å². The normalized spacial score (nSPS) is 12.3. The standard InChI is InChI=1S/C27H27NO5/c1-28(2)27(30)18-10-8-17(9-11-18)16-33-25-22(13-15-24(31-3)26(25)32-4)19-6-5-7-21-20(19)12-14-23(21)29/h5-11,13,15H,12,14,16H2,1-4H3. The molecule has 0 aliphatic heterocycles. The van der Waals surface area contributed by atoms with E-state index in [-0.39, 0.29) is 18.3 Å². The van der Waals surface area contributed by atoms with E-state index >= 15 is 0 Å². The summed E-state index contributed by atoms with van der Waals surface area (Å²) in [6.07, 6.45) is 1.23. The molecule has 0 atom stereocenters. The van der Waals surface area contributed by atoms with Gasteiger partial charge in [0.05, 0.1) is 14.2 Å². The highest BCUT2D eigenvalue weighted by atomic mass is 16.5. The van der Waals surface area contributed by atoms with Gasteiger partial charge in [0.25, 0.3) is 5.91 Å². The van der Waals surface area contributed by atoms with Gasteiger partial charge < -0.3 is 19.1 Å². The first-order valence-electron chi connectivity index (χ1n) is 10.8. The smallest absolute Gasteiger partial charge is 0.253 e. The van der Waals surface area contributed by atoms with E-state index in [2.05, 4.69) is 0 Å². The molecule has 3 aromatic rings. The number of Topliss-reactive ketones (excluding diaryl/α,β-unsaturated/α-hetero) is 1. The lowest BCUT2D eigenvalue weighted by molar-refractivity contribution is 0.0827. The van der Waals surface area contributed by atoms with Gasteiger partial charge in [0.1, 0.15) is 6.61 Å². The largest absolute Gasteiger partial charge is 0.493 e. The second-order valence-electron chi connectivity index (χ2n) is 8.12. The Hall–Kier alpha value is -3.80. The zero-order chi connectivity index (χ0) is 23.5. The first-order chi connectivity index (χ1) is 15.9. The maximum absolute atomic E-state index is 12.3. The average molecular weight is 446 g/mol. The number of benzene rings is 3. The monoisotopic (exact) mass is 445 g/mol. The van der Waals surface area contributed by atoms with Crippen LogP contribution in [0.2, 0.25) is 0 Å². The Kier molecular flexibility index (Phi) is 6.36. The van der Waals surface area contributed by atoms with E-state index in [1.807, 2.05) is 42.5 Å². The molecule has 1 aliphatic carbocycles. The number of carbonyl (C=O) groups excluding carboxylic acids is 2. The Morgan fingerprint density at radius 1 is 0.848 bits per heavy atom. The molecule has 170 valence electrons. The molecule has 0 bridgehead atoms. The molecule has 0 N–H and O–H groups in total. The summed E-state index contributed by atoms with van der Waals surface area (Å²) >= 11 is 0. The van der Waals surface area contributed by atoms with Crippen molar-refractivity contribution in [2.45, 2.75) is 19.4 Å². The number of ether oxygens (including phenoxy) is 3. The van der Waals surface area contributed by atoms with Crippen LogP contribution >= 0.6 is 0 Å². The van der Waals surface area contributed by atoms with E-state index in [0.717, 1.165) is 27.8 Å². The quantitative estimate of drug-likeness (QED) is 0.524. The second kappa shape index (κ2) is 9.36. The van der Waals surface area contributed by atoms with E-state index in [0.29, 0.717) is 35.7 Å². The van der Waals surface area contributed by atoms with Crippen LogP contribution in [0.3, 0.4) is 0 Å². The summed E-state index contributed by atoms with van der Waals surface area (Å²) in [5.74, 6) is 1.73. The minimum atomic E-state index is -0.0494. The third-order valence-corrected chi connectivity index (χ3v) is 5.86. The van der Waals surface area contributed by atoms with Crippen LogP contribution in [0.5, 0.6) is 17.2 Å². The third kappa shape index (κ3) is 4.29. The summed E-state index contributed by atoms with van der Waals surface area (Å²) in [7, 11) is 6.61. The van der Waals surface area contributed by atoms with Crippen molar-refractivity contribution in [2.24, 2.45) is 0 Å². The Morgan fingerprint density at radius 2 is 1.58 bits per heavy atom. The summed E-state index contributed by atoms with van der Waals surface area (Å²) in [5, 5.41) is 0. The van der Waals surface area contributed by atoms with Crippen LogP contribution in [0.25, 0.3) is 11.1 Å². The fourth-order valence-electron chi connectivity index (χ4n) is 4.15. The molecule has 0 fully saturated rings. The van der Waals surface area contributed by atoms with Crippen LogP contribution in [-0.4, -0.2) is 44.9 Å². The molecule has 0 saturated heterocycles. The molecule has 0 spiro atoms. The van der Waals surface area contributed by atoms with Crippen molar-refractivity contribution in [1.82, 2.24) is 4.90 Å². The summed E-state index contributed by atoms with van der Waals surface area (Å²) in [4.78, 5) is 26.0. The average Bonchev–Trinajstić information content (AvgIpc) is 3.22. The number of nitrogens with zero attached hydrogens (tertiary/aromatic N) is 1. The van der Waals surface area contributed by atoms with Crippen molar-refractivity contribution in [1.29, 1.82) is 0 Å². The summed E-state index contributed by atoms with van der Waals surface area (Å²) < 4.78 is 17.5. The zero-order valence-electron chi connectivity index (χ0n) is 19.3. The van der Waals surface area contributed by atoms with Gasteiger partial charge in [0.15, 0.2) is 17.3 Å². The Balaban J connectivity index is 1.71. The number of hydrogen-bond acceptors (Lipinski definition) is 5. The Bertz CT molecular complexity index is 1200. The zero-order valence-corrected chi connectivity index (χ0v) is 19.3. The highest BCUT2D eigenvalue weighted by Gasteiger charge is 2.26. The fourth-order valence-corrected chi connectivity index (χ4v) is 4.15. The van der Waals surface area contributed by atoms with Gasteiger partial charge in [-0.1, -0.05) is 30.3 Å². The number of carbonyl (C=O) groups is 2. The minimum Gasteiger partial charge on any atom is -0.493 e. The van der Waals surface area contributed by atoms with Crippen molar-refractivity contribution < 1.29 is 23.8 Å². The summed E-state index contributed by atoms with van der Waals surface area (Å²) in [6.45, 7) is 0.279. The lowest BCUT2D eigenvalue weighted by Gasteiger charge is -2.19. The van der Waals surface area contributed by atoms with Crippen LogP contribution in [0.15, 0.2) is 54.6 Å². The number of ketones is 1. The van der Waals surface area contributed by atoms with Gasteiger partial charge in [-0.05, 0) is 47.4 Å². The second-order valence-corrected chi connectivity index (χ2v) is 8.12. The maximum atomic E-state index is 12.3. The molecule has 0 saturated carbocycles. The van der Waals surface area contributed by atoms with E-state index in [1.165, 1.54) is 0 Å². The van der Waals surface area contributed by atoms with E-state index in [9.17, 15) is 9.59 Å². The van der Waals surface area contributed by atoms with Crippen molar-refractivity contribution in [2.75, 3.05) is 28.3 Å². The number of amides is 1. The molecule has 1 aliphatic rings. The summed E-state index contributed by atoms with van der Waals surface area (Å²) in [6, 6.07) is 16.9. The predicted octanol–water partition coefficient (Wildman–Crippen LogP) is 4.78. The van der Waals surface area contributed by atoms with Crippen LogP contribution in [0, 0.1) is 0 Å². The lowest BCUT2D eigenvalue weighted by Crippen LogP contribution is -2.21. The molecular formula is C27H27NO5. The van der Waals surface area contributed by atoms with Crippen molar-refractivity contribution in [3.63, 3.8) is 0 Å².